The van der Waals surface area contributed by atoms with E-state index in [4.69, 9.17) is 4.98 Å². The van der Waals surface area contributed by atoms with Gasteiger partial charge in [-0.1, -0.05) is 6.07 Å². The van der Waals surface area contributed by atoms with Crippen molar-refractivity contribution in [2.24, 2.45) is 13.0 Å². The first-order valence-corrected chi connectivity index (χ1v) is 6.85. The first kappa shape index (κ1) is 12.4. The van der Waals surface area contributed by atoms with Gasteiger partial charge in [0.05, 0.1) is 11.4 Å². The van der Waals surface area contributed by atoms with Gasteiger partial charge in [-0.25, -0.2) is 0 Å². The van der Waals surface area contributed by atoms with E-state index in [9.17, 15) is 0 Å². The minimum atomic E-state index is 0.749. The van der Waals surface area contributed by atoms with Crippen molar-refractivity contribution in [1.82, 2.24) is 19.7 Å². The number of rotatable bonds is 3. The Morgan fingerprint density at radius 3 is 2.84 bits per heavy atom. The van der Waals surface area contributed by atoms with Crippen molar-refractivity contribution >= 4 is 0 Å². The maximum atomic E-state index is 4.79. The molecule has 0 bridgehead atoms. The summed E-state index contributed by atoms with van der Waals surface area (Å²) in [6.45, 7) is 2.41. The fourth-order valence-electron chi connectivity index (χ4n) is 2.85. The maximum absolute atomic E-state index is 4.79. The van der Waals surface area contributed by atoms with E-state index in [1.54, 1.807) is 0 Å². The summed E-state index contributed by atoms with van der Waals surface area (Å²) >= 11 is 0. The third-order valence-corrected chi connectivity index (χ3v) is 3.88. The van der Waals surface area contributed by atoms with Crippen molar-refractivity contribution in [3.8, 4) is 11.4 Å². The molecule has 0 saturated carbocycles. The van der Waals surface area contributed by atoms with Crippen LogP contribution in [0.25, 0.3) is 11.4 Å². The Morgan fingerprint density at radius 1 is 1.26 bits per heavy atom. The van der Waals surface area contributed by atoms with Crippen molar-refractivity contribution in [3.05, 3.63) is 36.2 Å². The van der Waals surface area contributed by atoms with Crippen LogP contribution in [0.1, 0.15) is 12.1 Å². The molecule has 100 valence electrons. The molecule has 19 heavy (non-hydrogen) atoms. The Morgan fingerprint density at radius 2 is 2.16 bits per heavy atom. The number of nitrogens with zero attached hydrogens (tertiary/aromatic N) is 4. The normalized spacial score (nSPS) is 20.0. The molecule has 1 fully saturated rings. The molecule has 0 N–H and O–H groups in total. The molecule has 0 radical (unpaired) electrons. The molecular formula is C15H20N4. The fourth-order valence-corrected chi connectivity index (χ4v) is 2.85. The lowest BCUT2D eigenvalue weighted by Gasteiger charge is -2.10. The summed E-state index contributed by atoms with van der Waals surface area (Å²) in [6, 6.07) is 8.30. The van der Waals surface area contributed by atoms with Gasteiger partial charge in [-0.15, -0.1) is 0 Å². The van der Waals surface area contributed by atoms with E-state index in [-0.39, 0.29) is 0 Å². The summed E-state index contributed by atoms with van der Waals surface area (Å²) in [4.78, 5) is 7.18. The van der Waals surface area contributed by atoms with E-state index in [2.05, 4.69) is 35.2 Å². The molecule has 2 aromatic heterocycles. The molecule has 0 spiro atoms. The Hall–Kier alpha value is -1.68. The molecule has 4 nitrogen and oxygen atoms in total. The lowest BCUT2D eigenvalue weighted by atomic mass is 10.0. The largest absolute Gasteiger partial charge is 0.306 e. The van der Waals surface area contributed by atoms with Crippen LogP contribution in [-0.4, -0.2) is 39.8 Å². The van der Waals surface area contributed by atoms with Crippen molar-refractivity contribution in [1.29, 1.82) is 0 Å². The first-order valence-electron chi connectivity index (χ1n) is 6.85. The number of hydrogen-bond acceptors (Lipinski definition) is 3. The highest BCUT2D eigenvalue weighted by molar-refractivity contribution is 5.54. The summed E-state index contributed by atoms with van der Waals surface area (Å²) < 4.78 is 1.87. The topological polar surface area (TPSA) is 34.0 Å². The molecular weight excluding hydrogens is 236 g/mol. The fraction of sp³-hybridized carbons (Fsp3) is 0.467. The van der Waals surface area contributed by atoms with E-state index in [0.717, 1.165) is 23.7 Å². The third kappa shape index (κ3) is 2.68. The van der Waals surface area contributed by atoms with E-state index in [1.165, 1.54) is 25.2 Å². The smallest absolute Gasteiger partial charge is 0.0886 e. The predicted octanol–water partition coefficient (Wildman–Crippen LogP) is 1.98. The van der Waals surface area contributed by atoms with Gasteiger partial charge in [0.25, 0.3) is 0 Å². The zero-order valence-electron chi connectivity index (χ0n) is 11.6. The molecule has 0 amide bonds. The lowest BCUT2D eigenvalue weighted by Crippen LogP contribution is -2.15. The number of aryl methyl sites for hydroxylation is 1. The van der Waals surface area contributed by atoms with Crippen LogP contribution in [-0.2, 0) is 13.5 Å². The predicted molar refractivity (Wildman–Crippen MR) is 75.7 cm³/mol. The Balaban J connectivity index is 1.79. The van der Waals surface area contributed by atoms with Crippen LogP contribution in [0.4, 0.5) is 0 Å². The summed E-state index contributed by atoms with van der Waals surface area (Å²) in [6.07, 6.45) is 4.18. The molecule has 1 aliphatic heterocycles. The molecule has 2 aromatic rings. The van der Waals surface area contributed by atoms with E-state index in [1.807, 2.05) is 24.0 Å². The van der Waals surface area contributed by atoms with Gasteiger partial charge in [0.2, 0.25) is 0 Å². The average Bonchev–Trinajstić information content (AvgIpc) is 2.99. The Labute approximate surface area is 114 Å². The summed E-state index contributed by atoms with van der Waals surface area (Å²) in [5.41, 5.74) is 3.29. The van der Waals surface area contributed by atoms with Crippen molar-refractivity contribution in [2.45, 2.75) is 12.8 Å². The second kappa shape index (κ2) is 5.13. The van der Waals surface area contributed by atoms with Gasteiger partial charge in [0.15, 0.2) is 0 Å². The Kier molecular flexibility index (Phi) is 3.34. The van der Waals surface area contributed by atoms with Gasteiger partial charge in [0, 0.05) is 25.5 Å². The van der Waals surface area contributed by atoms with Gasteiger partial charge in [-0.2, -0.15) is 5.10 Å². The molecule has 1 atom stereocenters. The number of hydrogen-bond donors (Lipinski definition) is 0. The van der Waals surface area contributed by atoms with Gasteiger partial charge < -0.3 is 4.90 Å². The van der Waals surface area contributed by atoms with E-state index < -0.39 is 0 Å². The van der Waals surface area contributed by atoms with E-state index >= 15 is 0 Å². The molecule has 0 aromatic carbocycles. The third-order valence-electron chi connectivity index (χ3n) is 3.88. The minimum Gasteiger partial charge on any atom is -0.306 e. The molecule has 3 rings (SSSR count). The second-order valence-electron chi connectivity index (χ2n) is 5.48. The lowest BCUT2D eigenvalue weighted by molar-refractivity contribution is 0.393. The highest BCUT2D eigenvalue weighted by Gasteiger charge is 2.20. The van der Waals surface area contributed by atoms with Crippen molar-refractivity contribution in [2.75, 3.05) is 20.1 Å². The number of aromatic nitrogens is 3. The zero-order chi connectivity index (χ0) is 13.2. The van der Waals surface area contributed by atoms with Crippen LogP contribution in [0, 0.1) is 5.92 Å². The van der Waals surface area contributed by atoms with Gasteiger partial charge in [-0.05, 0) is 50.6 Å². The van der Waals surface area contributed by atoms with Crippen LogP contribution in [0.2, 0.25) is 0 Å². The van der Waals surface area contributed by atoms with Crippen molar-refractivity contribution in [3.63, 3.8) is 0 Å². The monoisotopic (exact) mass is 256 g/mol. The van der Waals surface area contributed by atoms with Crippen LogP contribution in [0.15, 0.2) is 30.5 Å². The second-order valence-corrected chi connectivity index (χ2v) is 5.48. The van der Waals surface area contributed by atoms with Crippen LogP contribution < -0.4 is 0 Å². The average molecular weight is 256 g/mol. The molecule has 3 heterocycles. The maximum Gasteiger partial charge on any atom is 0.0886 e. The quantitative estimate of drug-likeness (QED) is 0.842. The van der Waals surface area contributed by atoms with Gasteiger partial charge in [-0.3, -0.25) is 9.67 Å². The molecule has 1 unspecified atom stereocenters. The highest BCUT2D eigenvalue weighted by Crippen LogP contribution is 2.21. The summed E-state index contributed by atoms with van der Waals surface area (Å²) in [5, 5.41) is 4.21. The van der Waals surface area contributed by atoms with Crippen LogP contribution in [0.3, 0.4) is 0 Å². The van der Waals surface area contributed by atoms with Crippen LogP contribution >= 0.6 is 0 Å². The summed E-state index contributed by atoms with van der Waals surface area (Å²) in [7, 11) is 4.15. The molecule has 0 aliphatic carbocycles. The van der Waals surface area contributed by atoms with Crippen molar-refractivity contribution < 1.29 is 0 Å². The number of pyridine rings is 1. The minimum absolute atomic E-state index is 0.749. The van der Waals surface area contributed by atoms with E-state index in [0.29, 0.717) is 0 Å². The summed E-state index contributed by atoms with van der Waals surface area (Å²) in [5.74, 6) is 0.749. The molecule has 4 heteroatoms. The van der Waals surface area contributed by atoms with Gasteiger partial charge in [0.1, 0.15) is 0 Å². The number of likely N-dealkylation sites (tertiary alicyclic amines) is 1. The van der Waals surface area contributed by atoms with Gasteiger partial charge >= 0.3 is 0 Å². The SMILES string of the molecule is CN1CCC(Cc2cccc(-c3ccnn3C)n2)C1. The van der Waals surface area contributed by atoms with Crippen LogP contribution in [0.5, 0.6) is 0 Å². The Bertz CT molecular complexity index is 561. The molecule has 1 aliphatic rings. The first-order chi connectivity index (χ1) is 9.22. The zero-order valence-corrected chi connectivity index (χ0v) is 11.6. The highest BCUT2D eigenvalue weighted by atomic mass is 15.3. The molecule has 1 saturated heterocycles. The standard InChI is InChI=1S/C15H20N4/c1-18-9-7-12(11-18)10-13-4-3-5-14(17-13)15-6-8-16-19(15)2/h3-6,8,12H,7,9-11H2,1-2H3.